The van der Waals surface area contributed by atoms with Crippen LogP contribution in [0.25, 0.3) is 0 Å². The van der Waals surface area contributed by atoms with Crippen LogP contribution in [0.15, 0.2) is 0 Å². The van der Waals surface area contributed by atoms with Crippen molar-refractivity contribution in [3.63, 3.8) is 0 Å². The number of nitrogens with zero attached hydrogens (tertiary/aromatic N) is 3. The van der Waals surface area contributed by atoms with E-state index < -0.39 is 164 Å². The monoisotopic (exact) mass is 1670 g/mol. The molecule has 3 amide bonds. The number of rotatable bonds is 58. The van der Waals surface area contributed by atoms with Gasteiger partial charge < -0.3 is 113 Å². The molecule has 0 bridgehead atoms. The minimum absolute atomic E-state index is 0.000384. The number of aliphatic hydroxyl groups is 10. The summed E-state index contributed by atoms with van der Waals surface area (Å²) in [7, 11) is -8.83. The van der Waals surface area contributed by atoms with Gasteiger partial charge in [0.15, 0.2) is 18.9 Å². The fourth-order valence-corrected chi connectivity index (χ4v) is 17.9. The molecule has 0 radical (unpaired) electrons. The zero-order valence-electron chi connectivity index (χ0n) is 68.4. The predicted octanol–water partition coefficient (Wildman–Crippen LogP) is 5.99. The van der Waals surface area contributed by atoms with E-state index >= 15 is 0 Å². The Kier molecular flexibility index (Phi) is 45.8. The molecule has 35 heteroatoms. The summed E-state index contributed by atoms with van der Waals surface area (Å²) in [5.74, 6) is -1.75. The van der Waals surface area contributed by atoms with E-state index in [0.717, 1.165) is 38.5 Å². The van der Waals surface area contributed by atoms with Crippen molar-refractivity contribution in [2.75, 3.05) is 85.8 Å². The molecule has 6 aliphatic heterocycles. The Hall–Kier alpha value is -3.00. The third kappa shape index (κ3) is 34.5. The van der Waals surface area contributed by atoms with Crippen LogP contribution in [0.5, 0.6) is 0 Å². The first-order valence-electron chi connectivity index (χ1n) is 42.4. The van der Waals surface area contributed by atoms with E-state index in [2.05, 4.69) is 0 Å². The van der Waals surface area contributed by atoms with E-state index in [1.807, 2.05) is 13.8 Å². The molecular formula is C79H141N3O30P2. The number of unbranched alkanes of at least 4 members (excludes halogenated alkanes) is 15. The molecule has 6 fully saturated rings. The lowest BCUT2D eigenvalue weighted by Crippen LogP contribution is -2.55. The number of likely N-dealkylation sites (tertiary alicyclic amines) is 3. The van der Waals surface area contributed by atoms with Crippen molar-refractivity contribution in [3.8, 4) is 0 Å². The average Bonchev–Trinajstić information content (AvgIpc) is 1.62. The molecule has 0 aromatic rings. The van der Waals surface area contributed by atoms with Crippen molar-refractivity contribution < 1.29 is 145 Å². The summed E-state index contributed by atoms with van der Waals surface area (Å²) in [4.78, 5) is 95.6. The van der Waals surface area contributed by atoms with Crippen LogP contribution in [-0.2, 0) is 89.2 Å². The first-order chi connectivity index (χ1) is 54.3. The van der Waals surface area contributed by atoms with E-state index in [1.165, 1.54) is 16.5 Å². The molecule has 8 unspecified atom stereocenters. The SMILES string of the molecule is CC(C)OC[C@@H]1C[C@@H](OP(C)(=O)OC[C@@H]2C[C@@H](OP(=O)(O)OC[C@@H]3C[C@@H](O)CN3C(=O)CCCCCCC(=O)CCCCCO[C@@H]3OC(CO)[C@H](O)[C@H](O)C3C)CN2C(=O)CCCCCCC(=O)CCCCCO[C@@H]2OC(CO)[C@H](O)[C@H](O)C2C)CN1C(=O)CCCCCCC(=O)CCCCCO[C@@H]1OC(CO)[C@H](O)[C@H](O)C1C. The molecule has 0 saturated carbocycles. The number of hydrogen-bond donors (Lipinski definition) is 11. The highest BCUT2D eigenvalue weighted by atomic mass is 31.2. The number of Topliss-reactive ketones (excluding diaryl/α,β-unsaturated/α-hetero) is 3. The van der Waals surface area contributed by atoms with Gasteiger partial charge in [-0.05, 0) is 110 Å². The maximum absolute atomic E-state index is 14.3. The Morgan fingerprint density at radius 2 is 0.693 bits per heavy atom. The van der Waals surface area contributed by atoms with Gasteiger partial charge in [-0.1, -0.05) is 78.6 Å². The van der Waals surface area contributed by atoms with Gasteiger partial charge in [0.1, 0.15) is 54.0 Å². The second-order valence-corrected chi connectivity index (χ2v) is 36.1. The molecule has 6 rings (SSSR count). The summed E-state index contributed by atoms with van der Waals surface area (Å²) in [6.45, 7) is 9.27. The second-order valence-electron chi connectivity index (χ2n) is 32.7. The molecule has 662 valence electrons. The third-order valence-electron chi connectivity index (χ3n) is 22.8. The van der Waals surface area contributed by atoms with Crippen molar-refractivity contribution in [3.05, 3.63) is 0 Å². The average molecular weight is 1670 g/mol. The van der Waals surface area contributed by atoms with E-state index in [1.54, 1.807) is 25.7 Å². The maximum atomic E-state index is 14.3. The molecule has 0 aromatic heterocycles. The van der Waals surface area contributed by atoms with Crippen LogP contribution in [0.3, 0.4) is 0 Å². The quantitative estimate of drug-likeness (QED) is 0.0246. The Labute approximate surface area is 673 Å². The van der Waals surface area contributed by atoms with Crippen molar-refractivity contribution >= 4 is 50.5 Å². The Bertz CT molecular complexity index is 2910. The third-order valence-corrected chi connectivity index (χ3v) is 25.1. The molecule has 0 aliphatic carbocycles. The Morgan fingerprint density at radius 1 is 0.395 bits per heavy atom. The van der Waals surface area contributed by atoms with Gasteiger partial charge in [-0.15, -0.1) is 0 Å². The molecule has 6 saturated heterocycles. The highest BCUT2D eigenvalue weighted by molar-refractivity contribution is 7.53. The van der Waals surface area contributed by atoms with E-state index in [9.17, 15) is 93.9 Å². The van der Waals surface area contributed by atoms with Gasteiger partial charge in [0.25, 0.3) is 0 Å². The lowest BCUT2D eigenvalue weighted by atomic mass is 9.92. The van der Waals surface area contributed by atoms with Gasteiger partial charge >= 0.3 is 15.4 Å². The number of carbonyl (C=O) groups is 6. The first kappa shape index (κ1) is 99.8. The molecule has 6 heterocycles. The molecule has 33 nitrogen and oxygen atoms in total. The second kappa shape index (κ2) is 52.4. The molecule has 11 N–H and O–H groups in total. The van der Waals surface area contributed by atoms with Gasteiger partial charge in [-0.25, -0.2) is 4.57 Å². The van der Waals surface area contributed by atoms with E-state index in [0.29, 0.717) is 161 Å². The van der Waals surface area contributed by atoms with Gasteiger partial charge in [0.05, 0.1) is 100 Å². The normalized spacial score (nSPS) is 31.1. The standard InChI is InChI=1S/C79H141N3O30P2/c1-52(2)105-49-57-41-63(44-81(57)69(91)35-23-11-8-17-29-60(87)32-20-14-26-38-103-78-54(4)72(94)75(97)66(47-84)109-78)111-113(6,99)106-50-58-42-64(45-82(58)70(92)36-24-12-9-18-30-61(88)33-21-15-27-39-104-79-55(5)73(95)76(98)67(48-85)110-79)112-114(100,101)107-51-56-40-62(89)43-80(56)68(90)34-22-10-7-16-28-59(86)31-19-13-25-37-102-77-53(3)71(93)74(96)65(46-83)108-77/h52-58,62-67,71-79,83-85,89,93-98H,7-51H2,1-6H3,(H,100,101)/t53?,54?,55?,56-,57-,58-,62+,63+,64+,65?,66?,67?,71+,72+,73+,74-,75-,76-,77+,78+,79+,113?/m0/s1. The lowest BCUT2D eigenvalue weighted by Gasteiger charge is -2.40. The highest BCUT2D eigenvalue weighted by Crippen LogP contribution is 2.50. The summed E-state index contributed by atoms with van der Waals surface area (Å²) in [5.41, 5.74) is 0. The van der Waals surface area contributed by atoms with Crippen LogP contribution in [0, 0.1) is 17.8 Å². The topological polar surface area (TPSA) is 470 Å². The minimum Gasteiger partial charge on any atom is -0.394 e. The molecule has 114 heavy (non-hydrogen) atoms. The highest BCUT2D eigenvalue weighted by Gasteiger charge is 2.47. The number of hydrogen-bond acceptors (Lipinski definition) is 29. The lowest BCUT2D eigenvalue weighted by molar-refractivity contribution is -0.282. The summed E-state index contributed by atoms with van der Waals surface area (Å²) in [5, 5.41) is 100. The number of ether oxygens (including phenoxy) is 7. The van der Waals surface area contributed by atoms with Crippen molar-refractivity contribution in [1.82, 2.24) is 14.7 Å². The molecule has 6 aliphatic rings. The summed E-state index contributed by atoms with van der Waals surface area (Å²) < 4.78 is 91.8. The van der Waals surface area contributed by atoms with Crippen LogP contribution in [0.2, 0.25) is 0 Å². The summed E-state index contributed by atoms with van der Waals surface area (Å²) >= 11 is 0. The number of ketones is 3. The number of β-amino-alcohol motifs (C(OH)–C–C–N with tert-alkyl or cyclic N) is 1. The maximum Gasteiger partial charge on any atom is 0.472 e. The van der Waals surface area contributed by atoms with Crippen LogP contribution in [0.1, 0.15) is 247 Å². The fraction of sp³-hybridized carbons (Fsp3) is 0.924. The Morgan fingerprint density at radius 3 is 1.04 bits per heavy atom. The summed E-state index contributed by atoms with van der Waals surface area (Å²) in [6, 6.07) is -1.93. The zero-order chi connectivity index (χ0) is 83.5. The van der Waals surface area contributed by atoms with Crippen LogP contribution in [-0.4, -0.2) is 308 Å². The molecule has 0 spiro atoms. The van der Waals surface area contributed by atoms with Gasteiger partial charge in [0, 0.05) is 122 Å². The Balaban J connectivity index is 0.924. The number of amides is 3. The zero-order valence-corrected chi connectivity index (χ0v) is 70.2. The van der Waals surface area contributed by atoms with Crippen molar-refractivity contribution in [1.29, 1.82) is 0 Å². The number of aliphatic hydroxyl groups excluding tert-OH is 10. The van der Waals surface area contributed by atoms with Crippen LogP contribution in [0.4, 0.5) is 0 Å². The van der Waals surface area contributed by atoms with Gasteiger partial charge in [-0.3, -0.25) is 42.4 Å². The number of phosphoric acid groups is 1. The van der Waals surface area contributed by atoms with E-state index in [4.69, 9.17) is 51.3 Å². The van der Waals surface area contributed by atoms with Crippen molar-refractivity contribution in [2.24, 2.45) is 17.8 Å². The first-order valence-corrected chi connectivity index (χ1v) is 45.9. The largest absolute Gasteiger partial charge is 0.472 e. The molecule has 0 aromatic carbocycles. The van der Waals surface area contributed by atoms with Crippen LogP contribution < -0.4 is 0 Å². The van der Waals surface area contributed by atoms with Crippen LogP contribution >= 0.6 is 15.4 Å². The smallest absolute Gasteiger partial charge is 0.394 e. The summed E-state index contributed by atoms with van der Waals surface area (Å²) in [6.07, 6.45) is 2.44. The number of phosphoric ester groups is 1. The fourth-order valence-electron chi connectivity index (χ4n) is 15.7. The van der Waals surface area contributed by atoms with E-state index in [-0.39, 0.29) is 112 Å². The van der Waals surface area contributed by atoms with Gasteiger partial charge in [0.2, 0.25) is 17.7 Å². The minimum atomic E-state index is -4.90. The number of carbonyl (C=O) groups excluding carboxylic acids is 6. The molecular weight excluding hydrogens is 1530 g/mol. The predicted molar refractivity (Wildman–Crippen MR) is 415 cm³/mol. The van der Waals surface area contributed by atoms with Gasteiger partial charge in [-0.2, -0.15) is 0 Å². The van der Waals surface area contributed by atoms with Crippen molar-refractivity contribution in [2.45, 2.75) is 363 Å². The molecule has 23 atom stereocenters.